The summed E-state index contributed by atoms with van der Waals surface area (Å²) in [7, 11) is 2.12. The third-order valence-electron chi connectivity index (χ3n) is 6.39. The maximum Gasteiger partial charge on any atom is 0.435 e. The lowest BCUT2D eigenvalue weighted by atomic mass is 10.1. The summed E-state index contributed by atoms with van der Waals surface area (Å²) in [5, 5.41) is 7.38. The Labute approximate surface area is 213 Å². The molecule has 1 fully saturated rings. The van der Waals surface area contributed by atoms with Crippen LogP contribution in [0.25, 0.3) is 0 Å². The molecule has 2 aromatic heterocycles. The van der Waals surface area contributed by atoms with Gasteiger partial charge < -0.3 is 24.8 Å². The summed E-state index contributed by atoms with van der Waals surface area (Å²) in [4.78, 5) is 40.4. The third-order valence-corrected chi connectivity index (χ3v) is 6.57. The van der Waals surface area contributed by atoms with Gasteiger partial charge in [-0.1, -0.05) is 0 Å². The number of piperazine rings is 1. The molecule has 1 amide bonds. The lowest BCUT2D eigenvalue weighted by Gasteiger charge is -2.34. The Morgan fingerprint density at radius 3 is 2.50 bits per heavy atom. The Balaban J connectivity index is 1.36. The number of nitrogens with zero attached hydrogens (tertiary/aromatic N) is 7. The van der Waals surface area contributed by atoms with E-state index in [1.165, 1.54) is 4.68 Å². The Morgan fingerprint density at radius 1 is 1.06 bits per heavy atom. The van der Waals surface area contributed by atoms with Gasteiger partial charge in [-0.05, 0) is 55.9 Å². The van der Waals surface area contributed by atoms with Gasteiger partial charge in [-0.2, -0.15) is 4.68 Å². The number of carbonyl (C=O) groups excluding carboxylic acids is 2. The number of ether oxygens (including phenoxy) is 1. The Hall–Kier alpha value is -3.70. The minimum atomic E-state index is -0.603. The van der Waals surface area contributed by atoms with E-state index in [-0.39, 0.29) is 17.8 Å². The number of hydrogen-bond acceptors (Lipinski definition) is 9. The van der Waals surface area contributed by atoms with Crippen molar-refractivity contribution < 1.29 is 14.3 Å². The number of fused-ring (bicyclic) bond motifs is 1. The van der Waals surface area contributed by atoms with Crippen LogP contribution in [-0.2, 0) is 17.8 Å². The van der Waals surface area contributed by atoms with Crippen molar-refractivity contribution in [3.05, 3.63) is 58.6 Å². The highest BCUT2D eigenvalue weighted by Crippen LogP contribution is 2.32. The van der Waals surface area contributed by atoms with Gasteiger partial charge in [-0.15, -0.1) is 5.10 Å². The van der Waals surface area contributed by atoms with Crippen molar-refractivity contribution in [3.8, 4) is 0 Å². The third kappa shape index (κ3) is 4.84. The van der Waals surface area contributed by atoms with E-state index in [0.717, 1.165) is 37.4 Å². The number of amides is 1. The van der Waals surface area contributed by atoms with Gasteiger partial charge in [0.2, 0.25) is 5.28 Å². The molecule has 0 unspecified atom stereocenters. The molecule has 2 aliphatic heterocycles. The lowest BCUT2D eigenvalue weighted by molar-refractivity contribution is 0.102. The van der Waals surface area contributed by atoms with Crippen LogP contribution in [0.5, 0.6) is 0 Å². The molecule has 3 aromatic rings. The smallest absolute Gasteiger partial charge is 0.435 e. The summed E-state index contributed by atoms with van der Waals surface area (Å²) in [6.45, 7) is 6.60. The number of aromatic nitrogens is 4. The summed E-state index contributed by atoms with van der Waals surface area (Å²) < 4.78 is 6.37. The van der Waals surface area contributed by atoms with Crippen LogP contribution in [0.1, 0.15) is 28.5 Å². The SMILES string of the molecule is CCOC(=O)n1nc(NC(=O)c2ccc(N3CCN(C)CC3)cc2)c2c1CN(c1ccnc(Cl)n1)C2. The van der Waals surface area contributed by atoms with Gasteiger partial charge in [-0.3, -0.25) is 4.79 Å². The molecule has 5 rings (SSSR count). The first kappa shape index (κ1) is 24.0. The first-order valence-electron chi connectivity index (χ1n) is 11.8. The highest BCUT2D eigenvalue weighted by molar-refractivity contribution is 6.28. The fraction of sp³-hybridized carbons (Fsp3) is 0.375. The van der Waals surface area contributed by atoms with E-state index in [9.17, 15) is 9.59 Å². The van der Waals surface area contributed by atoms with E-state index in [4.69, 9.17) is 16.3 Å². The number of anilines is 3. The summed E-state index contributed by atoms with van der Waals surface area (Å²) in [5.41, 5.74) is 2.94. The van der Waals surface area contributed by atoms with E-state index in [1.54, 1.807) is 31.3 Å². The average molecular weight is 511 g/mol. The molecule has 2 aliphatic rings. The van der Waals surface area contributed by atoms with Gasteiger partial charge >= 0.3 is 6.09 Å². The highest BCUT2D eigenvalue weighted by Gasteiger charge is 2.32. The minimum Gasteiger partial charge on any atom is -0.448 e. The number of nitrogens with one attached hydrogen (secondary N) is 1. The number of likely N-dealkylation sites (N-methyl/N-ethyl adjacent to an activating group) is 1. The van der Waals surface area contributed by atoms with Gasteiger partial charge in [0.05, 0.1) is 25.4 Å². The zero-order valence-electron chi connectivity index (χ0n) is 20.1. The average Bonchev–Trinajstić information content (AvgIpc) is 3.45. The number of benzene rings is 1. The van der Waals surface area contributed by atoms with Gasteiger partial charge in [0.15, 0.2) is 5.82 Å². The van der Waals surface area contributed by atoms with Crippen LogP contribution < -0.4 is 15.1 Å². The maximum absolute atomic E-state index is 13.1. The number of hydrogen-bond donors (Lipinski definition) is 1. The van der Waals surface area contributed by atoms with Gasteiger partial charge in [-0.25, -0.2) is 14.8 Å². The van der Waals surface area contributed by atoms with Crippen LogP contribution in [0.2, 0.25) is 5.28 Å². The maximum atomic E-state index is 13.1. The largest absolute Gasteiger partial charge is 0.448 e. The zero-order valence-corrected chi connectivity index (χ0v) is 20.9. The van der Waals surface area contributed by atoms with Crippen molar-refractivity contribution in [1.82, 2.24) is 24.6 Å². The van der Waals surface area contributed by atoms with E-state index in [2.05, 4.69) is 37.2 Å². The Morgan fingerprint density at radius 2 is 1.81 bits per heavy atom. The zero-order chi connectivity index (χ0) is 25.2. The van der Waals surface area contributed by atoms with E-state index in [0.29, 0.717) is 36.0 Å². The molecule has 0 aliphatic carbocycles. The van der Waals surface area contributed by atoms with Gasteiger partial charge in [0.1, 0.15) is 5.82 Å². The molecule has 1 N–H and O–H groups in total. The normalized spacial score (nSPS) is 15.6. The van der Waals surface area contributed by atoms with Crippen molar-refractivity contribution in [2.45, 2.75) is 20.0 Å². The molecule has 0 radical (unpaired) electrons. The second-order valence-corrected chi connectivity index (χ2v) is 9.05. The van der Waals surface area contributed by atoms with Crippen molar-refractivity contribution in [3.63, 3.8) is 0 Å². The molecule has 1 saturated heterocycles. The molecular weight excluding hydrogens is 484 g/mol. The summed E-state index contributed by atoms with van der Waals surface area (Å²) >= 11 is 5.96. The first-order valence-corrected chi connectivity index (χ1v) is 12.2. The van der Waals surface area contributed by atoms with Gasteiger partial charge in [0.25, 0.3) is 5.91 Å². The standard InChI is InChI=1S/C24H27ClN8O3/c1-3-36-24(35)33-19-15-32(20-8-9-26-23(25)27-20)14-18(19)21(29-33)28-22(34)16-4-6-17(7-5-16)31-12-10-30(2)11-13-31/h4-9H,3,10-15H2,1-2H3,(H,28,29,34). The Kier molecular flexibility index (Phi) is 6.75. The quantitative estimate of drug-likeness (QED) is 0.518. The molecule has 1 aromatic carbocycles. The first-order chi connectivity index (χ1) is 17.4. The molecule has 188 valence electrons. The van der Waals surface area contributed by atoms with Crippen molar-refractivity contribution in [2.75, 3.05) is 55.0 Å². The second kappa shape index (κ2) is 10.1. The predicted octanol–water partition coefficient (Wildman–Crippen LogP) is 2.86. The second-order valence-electron chi connectivity index (χ2n) is 8.72. The summed E-state index contributed by atoms with van der Waals surface area (Å²) in [6, 6.07) is 9.27. The van der Waals surface area contributed by atoms with Crippen molar-refractivity contribution >= 4 is 40.9 Å². The van der Waals surface area contributed by atoms with Crippen LogP contribution in [-0.4, -0.2) is 76.5 Å². The van der Waals surface area contributed by atoms with Crippen LogP contribution >= 0.6 is 11.6 Å². The number of halogens is 1. The number of rotatable bonds is 5. The molecule has 12 heteroatoms. The lowest BCUT2D eigenvalue weighted by Crippen LogP contribution is -2.44. The van der Waals surface area contributed by atoms with E-state index in [1.807, 2.05) is 17.0 Å². The highest BCUT2D eigenvalue weighted by atomic mass is 35.5. The van der Waals surface area contributed by atoms with E-state index >= 15 is 0 Å². The van der Waals surface area contributed by atoms with Crippen LogP contribution in [0.4, 0.5) is 22.1 Å². The fourth-order valence-electron chi connectivity index (χ4n) is 4.41. The fourth-order valence-corrected chi connectivity index (χ4v) is 4.55. The monoisotopic (exact) mass is 510 g/mol. The molecule has 0 spiro atoms. The Bertz CT molecular complexity index is 1270. The molecule has 4 heterocycles. The van der Waals surface area contributed by atoms with Crippen molar-refractivity contribution in [1.29, 1.82) is 0 Å². The van der Waals surface area contributed by atoms with Crippen LogP contribution in [0.3, 0.4) is 0 Å². The van der Waals surface area contributed by atoms with Crippen LogP contribution in [0.15, 0.2) is 36.5 Å². The van der Waals surface area contributed by atoms with Gasteiger partial charge in [0, 0.05) is 49.2 Å². The molecule has 11 nitrogen and oxygen atoms in total. The molecule has 0 saturated carbocycles. The summed E-state index contributed by atoms with van der Waals surface area (Å²) in [6.07, 6.45) is 0.966. The predicted molar refractivity (Wildman–Crippen MR) is 136 cm³/mol. The van der Waals surface area contributed by atoms with Crippen molar-refractivity contribution in [2.24, 2.45) is 0 Å². The molecule has 0 atom stereocenters. The minimum absolute atomic E-state index is 0.129. The summed E-state index contributed by atoms with van der Waals surface area (Å²) in [5.74, 6) is 0.618. The molecule has 36 heavy (non-hydrogen) atoms. The topological polar surface area (TPSA) is 109 Å². The molecular formula is C24H27ClN8O3. The number of carbonyl (C=O) groups is 2. The van der Waals surface area contributed by atoms with E-state index < -0.39 is 6.09 Å². The van der Waals surface area contributed by atoms with Crippen LogP contribution in [0, 0.1) is 0 Å². The molecule has 0 bridgehead atoms.